The Bertz CT molecular complexity index is 923. The summed E-state index contributed by atoms with van der Waals surface area (Å²) in [6.45, 7) is 1.34. The zero-order chi connectivity index (χ0) is 16.6. The molecule has 4 rings (SSSR count). The highest BCUT2D eigenvalue weighted by Crippen LogP contribution is 2.30. The summed E-state index contributed by atoms with van der Waals surface area (Å²) in [5.41, 5.74) is 1.11. The zero-order valence-corrected chi connectivity index (χ0v) is 13.8. The number of fused-ring (bicyclic) bond motifs is 1. The number of hydrogen-bond acceptors (Lipinski definition) is 7. The van der Waals surface area contributed by atoms with Crippen LogP contribution >= 0.6 is 11.9 Å². The van der Waals surface area contributed by atoms with Gasteiger partial charge in [0.25, 0.3) is 0 Å². The first kappa shape index (κ1) is 14.9. The van der Waals surface area contributed by atoms with Gasteiger partial charge in [-0.05, 0) is 24.5 Å². The van der Waals surface area contributed by atoms with Crippen LogP contribution in [-0.4, -0.2) is 49.1 Å². The second kappa shape index (κ2) is 5.78. The molecule has 0 bridgehead atoms. The molecule has 1 aliphatic heterocycles. The van der Waals surface area contributed by atoms with Gasteiger partial charge < -0.3 is 10.3 Å². The van der Waals surface area contributed by atoms with Crippen LogP contribution in [0.4, 0.5) is 5.82 Å². The molecule has 0 radical (unpaired) electrons. The van der Waals surface area contributed by atoms with E-state index in [1.807, 2.05) is 24.6 Å². The SMILES string of the molecule is CSN1CC(C#N)(Nc2ccnc(-c3c[nH]c4ncccc34)n2)C1. The van der Waals surface area contributed by atoms with Crippen molar-refractivity contribution in [3.8, 4) is 17.5 Å². The van der Waals surface area contributed by atoms with Crippen molar-refractivity contribution in [3.63, 3.8) is 0 Å². The highest BCUT2D eigenvalue weighted by atomic mass is 32.2. The van der Waals surface area contributed by atoms with Crippen LogP contribution in [0.25, 0.3) is 22.4 Å². The van der Waals surface area contributed by atoms with Crippen molar-refractivity contribution >= 4 is 28.8 Å². The second-order valence-electron chi connectivity index (χ2n) is 5.67. The van der Waals surface area contributed by atoms with Crippen molar-refractivity contribution < 1.29 is 0 Å². The molecule has 0 amide bonds. The summed E-state index contributed by atoms with van der Waals surface area (Å²) >= 11 is 1.64. The number of aromatic amines is 1. The van der Waals surface area contributed by atoms with E-state index < -0.39 is 5.54 Å². The third-order valence-electron chi connectivity index (χ3n) is 4.08. The van der Waals surface area contributed by atoms with Gasteiger partial charge in [-0.25, -0.2) is 19.3 Å². The van der Waals surface area contributed by atoms with E-state index >= 15 is 0 Å². The molecule has 4 heterocycles. The van der Waals surface area contributed by atoms with Gasteiger partial charge in [-0.1, -0.05) is 11.9 Å². The number of anilines is 1. The monoisotopic (exact) mass is 337 g/mol. The molecule has 120 valence electrons. The molecular weight excluding hydrogens is 322 g/mol. The number of pyridine rings is 1. The lowest BCUT2D eigenvalue weighted by Crippen LogP contribution is -2.62. The van der Waals surface area contributed by atoms with E-state index in [1.54, 1.807) is 30.4 Å². The second-order valence-corrected chi connectivity index (χ2v) is 6.55. The van der Waals surface area contributed by atoms with Crippen molar-refractivity contribution in [2.24, 2.45) is 0 Å². The van der Waals surface area contributed by atoms with E-state index in [-0.39, 0.29) is 0 Å². The number of nitrogens with one attached hydrogen (secondary N) is 2. The molecule has 8 heteroatoms. The van der Waals surface area contributed by atoms with E-state index in [0.717, 1.165) is 16.6 Å². The van der Waals surface area contributed by atoms with Crippen LogP contribution in [0.2, 0.25) is 0 Å². The Kier molecular flexibility index (Phi) is 3.59. The minimum Gasteiger partial charge on any atom is -0.350 e. The van der Waals surface area contributed by atoms with Gasteiger partial charge in [-0.15, -0.1) is 0 Å². The topological polar surface area (TPSA) is 93.5 Å². The third kappa shape index (κ3) is 2.48. The first-order chi connectivity index (χ1) is 11.7. The normalized spacial score (nSPS) is 16.5. The van der Waals surface area contributed by atoms with Crippen LogP contribution in [0.15, 0.2) is 36.8 Å². The Morgan fingerprint density at radius 2 is 2.21 bits per heavy atom. The number of nitrogens with zero attached hydrogens (tertiary/aromatic N) is 5. The lowest BCUT2D eigenvalue weighted by molar-refractivity contribution is 0.249. The van der Waals surface area contributed by atoms with E-state index in [2.05, 4.69) is 35.6 Å². The lowest BCUT2D eigenvalue weighted by atomic mass is 9.94. The Balaban J connectivity index is 1.64. The number of hydrogen-bond donors (Lipinski definition) is 2. The van der Waals surface area contributed by atoms with Gasteiger partial charge in [0.05, 0.1) is 6.07 Å². The Morgan fingerprint density at radius 1 is 1.33 bits per heavy atom. The Morgan fingerprint density at radius 3 is 3.00 bits per heavy atom. The van der Waals surface area contributed by atoms with Gasteiger partial charge in [0.15, 0.2) is 11.4 Å². The first-order valence-corrected chi connectivity index (χ1v) is 8.65. The first-order valence-electron chi connectivity index (χ1n) is 7.47. The van der Waals surface area contributed by atoms with Crippen LogP contribution in [-0.2, 0) is 0 Å². The van der Waals surface area contributed by atoms with Crippen LogP contribution in [0.3, 0.4) is 0 Å². The van der Waals surface area contributed by atoms with Crippen molar-refractivity contribution in [2.45, 2.75) is 5.54 Å². The number of H-pyrrole nitrogens is 1. The molecule has 1 saturated heterocycles. The van der Waals surface area contributed by atoms with Crippen LogP contribution < -0.4 is 5.32 Å². The third-order valence-corrected chi connectivity index (χ3v) is 4.85. The molecule has 0 saturated carbocycles. The summed E-state index contributed by atoms with van der Waals surface area (Å²) in [7, 11) is 0. The Hall–Kier alpha value is -2.63. The van der Waals surface area contributed by atoms with E-state index in [4.69, 9.17) is 0 Å². The smallest absolute Gasteiger partial charge is 0.163 e. The average molecular weight is 337 g/mol. The van der Waals surface area contributed by atoms with Gasteiger partial charge in [-0.3, -0.25) is 0 Å². The van der Waals surface area contributed by atoms with Crippen molar-refractivity contribution in [2.75, 3.05) is 24.7 Å². The molecule has 3 aromatic rings. The predicted octanol–water partition coefficient (Wildman–Crippen LogP) is 2.29. The highest BCUT2D eigenvalue weighted by molar-refractivity contribution is 7.96. The summed E-state index contributed by atoms with van der Waals surface area (Å²) in [5, 5.41) is 13.7. The van der Waals surface area contributed by atoms with E-state index in [0.29, 0.717) is 24.7 Å². The largest absolute Gasteiger partial charge is 0.350 e. The summed E-state index contributed by atoms with van der Waals surface area (Å²) in [6.07, 6.45) is 7.31. The minimum atomic E-state index is -0.587. The number of aromatic nitrogens is 4. The van der Waals surface area contributed by atoms with Crippen molar-refractivity contribution in [3.05, 3.63) is 36.8 Å². The van der Waals surface area contributed by atoms with E-state index in [9.17, 15) is 5.26 Å². The molecule has 0 unspecified atom stereocenters. The van der Waals surface area contributed by atoms with Crippen LogP contribution in [0.1, 0.15) is 0 Å². The fourth-order valence-electron chi connectivity index (χ4n) is 2.81. The molecule has 1 aliphatic rings. The molecule has 24 heavy (non-hydrogen) atoms. The molecular formula is C16H15N7S. The van der Waals surface area contributed by atoms with Gasteiger partial charge in [0.2, 0.25) is 0 Å². The Labute approximate surface area is 143 Å². The van der Waals surface area contributed by atoms with Crippen molar-refractivity contribution in [1.82, 2.24) is 24.2 Å². The maximum absolute atomic E-state index is 9.50. The molecule has 7 nitrogen and oxygen atoms in total. The molecule has 2 N–H and O–H groups in total. The fourth-order valence-corrected chi connectivity index (χ4v) is 3.51. The number of rotatable bonds is 4. The number of nitriles is 1. The molecule has 3 aromatic heterocycles. The summed E-state index contributed by atoms with van der Waals surface area (Å²) in [4.78, 5) is 16.4. The van der Waals surface area contributed by atoms with Gasteiger partial charge in [-0.2, -0.15) is 5.26 Å². The summed E-state index contributed by atoms with van der Waals surface area (Å²) in [6, 6.07) is 8.03. The van der Waals surface area contributed by atoms with Gasteiger partial charge in [0.1, 0.15) is 11.5 Å². The quantitative estimate of drug-likeness (QED) is 0.705. The van der Waals surface area contributed by atoms with Gasteiger partial charge in [0, 0.05) is 42.6 Å². The molecule has 1 fully saturated rings. The van der Waals surface area contributed by atoms with Crippen molar-refractivity contribution in [1.29, 1.82) is 5.26 Å². The van der Waals surface area contributed by atoms with Crippen LogP contribution in [0.5, 0.6) is 0 Å². The predicted molar refractivity (Wildman–Crippen MR) is 94.2 cm³/mol. The summed E-state index contributed by atoms with van der Waals surface area (Å²) in [5.74, 6) is 1.26. The minimum absolute atomic E-state index is 0.587. The molecule has 0 aromatic carbocycles. The highest BCUT2D eigenvalue weighted by Gasteiger charge is 2.43. The maximum Gasteiger partial charge on any atom is 0.163 e. The summed E-state index contributed by atoms with van der Waals surface area (Å²) < 4.78 is 2.13. The zero-order valence-electron chi connectivity index (χ0n) is 13.0. The standard InChI is InChI=1S/C16H15N7S/c1-24-23-9-16(8-17,10-23)22-13-4-6-19-15(21-13)12-7-20-14-11(12)3-2-5-18-14/h2-7H,9-10H2,1H3,(H,18,20)(H,19,21,22). The van der Waals surface area contributed by atoms with Crippen LogP contribution in [0, 0.1) is 11.3 Å². The van der Waals surface area contributed by atoms with E-state index in [1.165, 1.54) is 0 Å². The molecule has 0 atom stereocenters. The molecule has 0 spiro atoms. The fraction of sp³-hybridized carbons (Fsp3) is 0.250. The van der Waals surface area contributed by atoms with Gasteiger partial charge >= 0.3 is 0 Å². The maximum atomic E-state index is 9.50. The average Bonchev–Trinajstić information content (AvgIpc) is 3.02. The lowest BCUT2D eigenvalue weighted by Gasteiger charge is -2.44. The molecule has 0 aliphatic carbocycles.